The van der Waals surface area contributed by atoms with E-state index in [1.807, 2.05) is 6.26 Å². The van der Waals surface area contributed by atoms with Crippen LogP contribution in [-0.2, 0) is 25.6 Å². The number of carbonyl (C=O) groups is 4. The first-order valence-corrected chi connectivity index (χ1v) is 12.8. The Labute approximate surface area is 209 Å². The van der Waals surface area contributed by atoms with Crippen molar-refractivity contribution in [2.45, 2.75) is 63.2 Å². The third-order valence-corrected chi connectivity index (χ3v) is 5.93. The molecule has 4 atom stereocenters. The number of nitrogens with one attached hydrogen (secondary N) is 3. The van der Waals surface area contributed by atoms with Gasteiger partial charge in [-0.3, -0.25) is 19.2 Å². The Hall–Kier alpha value is -2.83. The number of carbonyl (C=O) groups excluding carboxylic acids is 3. The molecular formula is C23H37N5O6S. The maximum absolute atomic E-state index is 13.0. The highest BCUT2D eigenvalue weighted by Gasteiger charge is 2.29. The summed E-state index contributed by atoms with van der Waals surface area (Å²) in [5.41, 5.74) is 12.3. The lowest BCUT2D eigenvalue weighted by Gasteiger charge is -2.25. The van der Waals surface area contributed by atoms with Crippen molar-refractivity contribution in [3.63, 3.8) is 0 Å². The van der Waals surface area contributed by atoms with Crippen molar-refractivity contribution in [2.75, 3.05) is 18.6 Å². The molecule has 0 aliphatic carbocycles. The van der Waals surface area contributed by atoms with Crippen molar-refractivity contribution in [3.05, 3.63) is 29.8 Å². The fourth-order valence-corrected chi connectivity index (χ4v) is 3.64. The lowest BCUT2D eigenvalue weighted by atomic mass is 10.0. The number of carboxylic acids is 1. The molecule has 1 rings (SSSR count). The lowest BCUT2D eigenvalue weighted by Crippen LogP contribution is -2.57. The highest BCUT2D eigenvalue weighted by atomic mass is 32.2. The molecule has 0 radical (unpaired) electrons. The number of benzene rings is 1. The maximum Gasteiger partial charge on any atom is 0.325 e. The molecule has 0 aliphatic rings. The van der Waals surface area contributed by atoms with E-state index in [9.17, 15) is 24.3 Å². The molecule has 3 amide bonds. The number of carboxylic acid groups (broad SMARTS) is 1. The summed E-state index contributed by atoms with van der Waals surface area (Å²) in [4.78, 5) is 49.5. The van der Waals surface area contributed by atoms with Gasteiger partial charge < -0.3 is 37.6 Å². The molecule has 0 aromatic heterocycles. The number of aliphatic carboxylic acids is 1. The largest absolute Gasteiger partial charge is 0.508 e. The molecule has 4 unspecified atom stereocenters. The van der Waals surface area contributed by atoms with Crippen LogP contribution >= 0.6 is 11.8 Å². The van der Waals surface area contributed by atoms with Crippen molar-refractivity contribution in [2.24, 2.45) is 11.5 Å². The summed E-state index contributed by atoms with van der Waals surface area (Å²) >= 11 is 1.50. The van der Waals surface area contributed by atoms with Crippen LogP contribution in [0, 0.1) is 0 Å². The Morgan fingerprint density at radius 1 is 0.943 bits per heavy atom. The third-order valence-electron chi connectivity index (χ3n) is 5.28. The minimum absolute atomic E-state index is 0.100. The van der Waals surface area contributed by atoms with Gasteiger partial charge in [-0.1, -0.05) is 12.1 Å². The molecule has 1 aromatic rings. The summed E-state index contributed by atoms with van der Waals surface area (Å²) in [6, 6.07) is 2.35. The number of hydrogen-bond acceptors (Lipinski definition) is 8. The van der Waals surface area contributed by atoms with Gasteiger partial charge in [0.2, 0.25) is 17.7 Å². The Bertz CT molecular complexity index is 838. The minimum atomic E-state index is -1.20. The number of nitrogens with two attached hydrogens (primary N) is 2. The van der Waals surface area contributed by atoms with Gasteiger partial charge in [-0.2, -0.15) is 11.8 Å². The van der Waals surface area contributed by atoms with Gasteiger partial charge in [0.25, 0.3) is 0 Å². The van der Waals surface area contributed by atoms with Crippen molar-refractivity contribution in [1.82, 2.24) is 16.0 Å². The van der Waals surface area contributed by atoms with Gasteiger partial charge in [0.15, 0.2) is 0 Å². The second-order valence-electron chi connectivity index (χ2n) is 8.23. The molecule has 35 heavy (non-hydrogen) atoms. The molecule has 0 bridgehead atoms. The Morgan fingerprint density at radius 3 is 2.09 bits per heavy atom. The molecule has 12 heteroatoms. The van der Waals surface area contributed by atoms with Crippen LogP contribution in [0.2, 0.25) is 0 Å². The molecule has 0 fully saturated rings. The van der Waals surface area contributed by atoms with E-state index >= 15 is 0 Å². The third kappa shape index (κ3) is 11.4. The van der Waals surface area contributed by atoms with Crippen LogP contribution < -0.4 is 27.4 Å². The monoisotopic (exact) mass is 511 g/mol. The van der Waals surface area contributed by atoms with E-state index in [0.717, 1.165) is 5.56 Å². The van der Waals surface area contributed by atoms with E-state index in [0.29, 0.717) is 31.6 Å². The number of amides is 3. The molecule has 0 aliphatic heterocycles. The number of thioether (sulfide) groups is 1. The van der Waals surface area contributed by atoms with Crippen LogP contribution in [0.25, 0.3) is 0 Å². The zero-order valence-corrected chi connectivity index (χ0v) is 21.0. The van der Waals surface area contributed by atoms with E-state index in [1.165, 1.54) is 30.8 Å². The summed E-state index contributed by atoms with van der Waals surface area (Å²) in [7, 11) is 0. The fourth-order valence-electron chi connectivity index (χ4n) is 3.17. The standard InChI is InChI=1S/C23H37N5O6S/c1-14(23(33)34)26-21(31)18(5-3-4-11-24)28-22(32)19(10-12-35-2)27-20(30)17(25)13-15-6-8-16(29)9-7-15/h6-9,14,17-19,29H,3-5,10-13,24-25H2,1-2H3,(H,26,31)(H,27,30)(H,28,32)(H,33,34). The first-order chi connectivity index (χ1) is 16.6. The van der Waals surface area contributed by atoms with E-state index < -0.39 is 47.9 Å². The number of hydrogen-bond donors (Lipinski definition) is 7. The highest BCUT2D eigenvalue weighted by Crippen LogP contribution is 2.11. The van der Waals surface area contributed by atoms with Crippen LogP contribution in [-0.4, -0.2) is 76.6 Å². The lowest BCUT2D eigenvalue weighted by molar-refractivity contribution is -0.141. The molecule has 9 N–H and O–H groups in total. The maximum atomic E-state index is 13.0. The van der Waals surface area contributed by atoms with E-state index in [4.69, 9.17) is 16.6 Å². The van der Waals surface area contributed by atoms with Crippen LogP contribution in [0.3, 0.4) is 0 Å². The molecule has 11 nitrogen and oxygen atoms in total. The number of unbranched alkanes of at least 4 members (excludes halogenated alkanes) is 1. The minimum Gasteiger partial charge on any atom is -0.508 e. The SMILES string of the molecule is CSCCC(NC(=O)C(N)Cc1ccc(O)cc1)C(=O)NC(CCCCN)C(=O)NC(C)C(=O)O. The van der Waals surface area contributed by atoms with Gasteiger partial charge in [-0.25, -0.2) is 0 Å². The number of phenolic OH excluding ortho intramolecular Hbond substituents is 1. The van der Waals surface area contributed by atoms with Gasteiger partial charge in [-0.15, -0.1) is 0 Å². The quantitative estimate of drug-likeness (QED) is 0.146. The molecule has 0 heterocycles. The molecule has 196 valence electrons. The van der Waals surface area contributed by atoms with Gasteiger partial charge in [0.05, 0.1) is 6.04 Å². The van der Waals surface area contributed by atoms with E-state index in [2.05, 4.69) is 16.0 Å². The number of phenols is 1. The molecule has 0 spiro atoms. The summed E-state index contributed by atoms with van der Waals surface area (Å²) < 4.78 is 0. The Balaban J connectivity index is 2.88. The van der Waals surface area contributed by atoms with Gasteiger partial charge in [0.1, 0.15) is 23.9 Å². The molecule has 0 saturated carbocycles. The van der Waals surface area contributed by atoms with Crippen molar-refractivity contribution in [3.8, 4) is 5.75 Å². The average molecular weight is 512 g/mol. The smallest absolute Gasteiger partial charge is 0.325 e. The zero-order valence-electron chi connectivity index (χ0n) is 20.2. The van der Waals surface area contributed by atoms with Crippen LogP contribution in [0.5, 0.6) is 5.75 Å². The number of rotatable bonds is 16. The summed E-state index contributed by atoms with van der Waals surface area (Å²) in [5, 5.41) is 26.2. The first kappa shape index (κ1) is 30.2. The van der Waals surface area contributed by atoms with Crippen LogP contribution in [0.1, 0.15) is 38.2 Å². The van der Waals surface area contributed by atoms with Crippen LogP contribution in [0.4, 0.5) is 0 Å². The molecule has 1 aromatic carbocycles. The van der Waals surface area contributed by atoms with Gasteiger partial charge in [0, 0.05) is 0 Å². The predicted octanol–water partition coefficient (Wildman–Crippen LogP) is -0.297. The summed E-state index contributed by atoms with van der Waals surface area (Å²) in [6.07, 6.45) is 3.84. The molecular weight excluding hydrogens is 474 g/mol. The Kier molecular flexibility index (Phi) is 13.8. The topological polar surface area (TPSA) is 197 Å². The average Bonchev–Trinajstić information content (AvgIpc) is 2.82. The fraction of sp³-hybridized carbons (Fsp3) is 0.565. The highest BCUT2D eigenvalue weighted by molar-refractivity contribution is 7.98. The van der Waals surface area contributed by atoms with Gasteiger partial charge in [-0.05, 0) is 75.3 Å². The van der Waals surface area contributed by atoms with Crippen molar-refractivity contribution < 1.29 is 29.4 Å². The second kappa shape index (κ2) is 16.0. The second-order valence-corrected chi connectivity index (χ2v) is 9.22. The Morgan fingerprint density at radius 2 is 1.51 bits per heavy atom. The van der Waals surface area contributed by atoms with Crippen LogP contribution in [0.15, 0.2) is 24.3 Å². The summed E-state index contributed by atoms with van der Waals surface area (Å²) in [5.74, 6) is -2.22. The van der Waals surface area contributed by atoms with Crippen molar-refractivity contribution >= 4 is 35.5 Å². The normalized spacial score (nSPS) is 14.3. The summed E-state index contributed by atoms with van der Waals surface area (Å²) in [6.45, 7) is 1.75. The predicted molar refractivity (Wildman–Crippen MR) is 135 cm³/mol. The first-order valence-electron chi connectivity index (χ1n) is 11.4. The molecule has 0 saturated heterocycles. The van der Waals surface area contributed by atoms with E-state index in [-0.39, 0.29) is 18.6 Å². The van der Waals surface area contributed by atoms with Crippen molar-refractivity contribution in [1.29, 1.82) is 0 Å². The van der Waals surface area contributed by atoms with Gasteiger partial charge >= 0.3 is 5.97 Å². The number of aromatic hydroxyl groups is 1. The zero-order chi connectivity index (χ0) is 26.4. The van der Waals surface area contributed by atoms with E-state index in [1.54, 1.807) is 12.1 Å².